The van der Waals surface area contributed by atoms with Gasteiger partial charge < -0.3 is 14.7 Å². The number of nitrogens with zero attached hydrogens (tertiary/aromatic N) is 1. The van der Waals surface area contributed by atoms with E-state index in [1.807, 2.05) is 16.8 Å². The first-order valence-electron chi connectivity index (χ1n) is 5.77. The zero-order valence-corrected chi connectivity index (χ0v) is 10.7. The Morgan fingerprint density at radius 1 is 1.56 bits per heavy atom. The molecule has 1 saturated heterocycles. The zero-order chi connectivity index (χ0) is 13.0. The van der Waals surface area contributed by atoms with Crippen LogP contribution in [0, 0.1) is 0 Å². The Bertz CT molecular complexity index is 418. The van der Waals surface area contributed by atoms with Crippen LogP contribution >= 0.6 is 11.3 Å². The highest BCUT2D eigenvalue weighted by atomic mass is 32.1. The Kier molecular flexibility index (Phi) is 4.33. The molecule has 0 bridgehead atoms. The predicted octanol–water partition coefficient (Wildman–Crippen LogP) is 0.993. The molecular formula is C12H15NO4S. The van der Waals surface area contributed by atoms with E-state index in [0.29, 0.717) is 26.1 Å². The first-order valence-corrected chi connectivity index (χ1v) is 6.71. The summed E-state index contributed by atoms with van der Waals surface area (Å²) in [6.45, 7) is 1.32. The summed E-state index contributed by atoms with van der Waals surface area (Å²) >= 11 is 1.56. The van der Waals surface area contributed by atoms with Crippen LogP contribution in [0.2, 0.25) is 0 Å². The quantitative estimate of drug-likeness (QED) is 0.885. The van der Waals surface area contributed by atoms with Gasteiger partial charge in [-0.3, -0.25) is 9.59 Å². The van der Waals surface area contributed by atoms with Crippen LogP contribution in [0.25, 0.3) is 0 Å². The van der Waals surface area contributed by atoms with Gasteiger partial charge in [0.1, 0.15) is 0 Å². The van der Waals surface area contributed by atoms with E-state index in [4.69, 9.17) is 9.84 Å². The Labute approximate surface area is 109 Å². The van der Waals surface area contributed by atoms with Gasteiger partial charge in [-0.05, 0) is 22.4 Å². The van der Waals surface area contributed by atoms with Crippen LogP contribution in [-0.2, 0) is 20.7 Å². The summed E-state index contributed by atoms with van der Waals surface area (Å²) in [4.78, 5) is 24.3. The first kappa shape index (κ1) is 13.0. The molecule has 0 aromatic carbocycles. The van der Waals surface area contributed by atoms with E-state index in [1.165, 1.54) is 0 Å². The van der Waals surface area contributed by atoms with Crippen molar-refractivity contribution >= 4 is 23.2 Å². The van der Waals surface area contributed by atoms with E-state index in [1.54, 1.807) is 16.2 Å². The minimum absolute atomic E-state index is 0.0343. The molecule has 1 aliphatic rings. The van der Waals surface area contributed by atoms with Gasteiger partial charge in [-0.1, -0.05) is 0 Å². The van der Waals surface area contributed by atoms with Crippen molar-refractivity contribution in [2.24, 2.45) is 0 Å². The van der Waals surface area contributed by atoms with Crippen molar-refractivity contribution in [2.75, 3.05) is 19.7 Å². The molecule has 1 atom stereocenters. The fourth-order valence-corrected chi connectivity index (χ4v) is 2.61. The SMILES string of the molecule is O=C(O)C[C@@H]1CN(C(=O)Cc2ccsc2)CCO1. The maximum Gasteiger partial charge on any atom is 0.306 e. The van der Waals surface area contributed by atoms with Crippen LogP contribution in [0.3, 0.4) is 0 Å². The van der Waals surface area contributed by atoms with E-state index in [9.17, 15) is 9.59 Å². The monoisotopic (exact) mass is 269 g/mol. The molecule has 0 radical (unpaired) electrons. The van der Waals surface area contributed by atoms with Crippen LogP contribution in [0.5, 0.6) is 0 Å². The number of hydrogen-bond donors (Lipinski definition) is 1. The normalized spacial score (nSPS) is 19.8. The van der Waals surface area contributed by atoms with E-state index in [0.717, 1.165) is 5.56 Å². The number of hydrogen-bond acceptors (Lipinski definition) is 4. The summed E-state index contributed by atoms with van der Waals surface area (Å²) in [7, 11) is 0. The summed E-state index contributed by atoms with van der Waals surface area (Å²) in [5, 5.41) is 12.6. The first-order chi connectivity index (χ1) is 8.65. The molecule has 98 valence electrons. The van der Waals surface area contributed by atoms with Gasteiger partial charge in [0.25, 0.3) is 0 Å². The highest BCUT2D eigenvalue weighted by Gasteiger charge is 2.25. The maximum atomic E-state index is 12.0. The smallest absolute Gasteiger partial charge is 0.306 e. The lowest BCUT2D eigenvalue weighted by Crippen LogP contribution is -2.46. The van der Waals surface area contributed by atoms with Crippen molar-refractivity contribution in [3.63, 3.8) is 0 Å². The van der Waals surface area contributed by atoms with Gasteiger partial charge in [0, 0.05) is 13.1 Å². The third-order valence-corrected chi connectivity index (χ3v) is 3.56. The molecule has 1 fully saturated rings. The minimum atomic E-state index is -0.896. The van der Waals surface area contributed by atoms with Crippen molar-refractivity contribution in [3.8, 4) is 0 Å². The largest absolute Gasteiger partial charge is 0.481 e. The van der Waals surface area contributed by atoms with E-state index in [-0.39, 0.29) is 18.4 Å². The summed E-state index contributed by atoms with van der Waals surface area (Å²) in [5.41, 5.74) is 1.01. The Hall–Kier alpha value is -1.40. The Morgan fingerprint density at radius 3 is 3.06 bits per heavy atom. The number of morpholine rings is 1. The molecule has 2 heterocycles. The number of rotatable bonds is 4. The van der Waals surface area contributed by atoms with Gasteiger partial charge in [-0.2, -0.15) is 11.3 Å². The van der Waals surface area contributed by atoms with Crippen LogP contribution in [-0.4, -0.2) is 47.7 Å². The topological polar surface area (TPSA) is 66.8 Å². The number of aliphatic carboxylic acids is 1. The van der Waals surface area contributed by atoms with E-state index < -0.39 is 5.97 Å². The molecule has 1 aromatic heterocycles. The van der Waals surface area contributed by atoms with Crippen LogP contribution in [0.4, 0.5) is 0 Å². The average Bonchev–Trinajstić information content (AvgIpc) is 2.81. The molecule has 0 spiro atoms. The molecule has 0 aliphatic carbocycles. The number of amides is 1. The number of thiophene rings is 1. The number of carbonyl (C=O) groups is 2. The van der Waals surface area contributed by atoms with Gasteiger partial charge in [-0.25, -0.2) is 0 Å². The van der Waals surface area contributed by atoms with Crippen LogP contribution in [0.1, 0.15) is 12.0 Å². The van der Waals surface area contributed by atoms with Gasteiger partial charge in [0.15, 0.2) is 0 Å². The standard InChI is InChI=1S/C12H15NO4S/c14-11(5-9-1-4-18-8-9)13-2-3-17-10(7-13)6-12(15)16/h1,4,8,10H,2-3,5-7H2,(H,15,16)/t10-/m1/s1. The van der Waals surface area contributed by atoms with Crippen LogP contribution < -0.4 is 0 Å². The second-order valence-corrected chi connectivity index (χ2v) is 5.02. The van der Waals surface area contributed by atoms with E-state index in [2.05, 4.69) is 0 Å². The summed E-state index contributed by atoms with van der Waals surface area (Å²) in [6, 6.07) is 1.93. The third-order valence-electron chi connectivity index (χ3n) is 2.83. The molecular weight excluding hydrogens is 254 g/mol. The lowest BCUT2D eigenvalue weighted by molar-refractivity contribution is -0.147. The summed E-state index contributed by atoms with van der Waals surface area (Å²) in [5.74, 6) is -0.862. The van der Waals surface area contributed by atoms with Gasteiger partial charge >= 0.3 is 5.97 Å². The molecule has 18 heavy (non-hydrogen) atoms. The van der Waals surface area contributed by atoms with Gasteiger partial charge in [-0.15, -0.1) is 0 Å². The molecule has 0 unspecified atom stereocenters. The highest BCUT2D eigenvalue weighted by Crippen LogP contribution is 2.12. The Morgan fingerprint density at radius 2 is 2.39 bits per heavy atom. The minimum Gasteiger partial charge on any atom is -0.481 e. The molecule has 0 saturated carbocycles. The third kappa shape index (κ3) is 3.54. The molecule has 1 aromatic rings. The van der Waals surface area contributed by atoms with E-state index >= 15 is 0 Å². The molecule has 1 amide bonds. The van der Waals surface area contributed by atoms with Gasteiger partial charge in [0.05, 0.1) is 25.6 Å². The lowest BCUT2D eigenvalue weighted by Gasteiger charge is -2.32. The van der Waals surface area contributed by atoms with Crippen molar-refractivity contribution in [3.05, 3.63) is 22.4 Å². The maximum absolute atomic E-state index is 12.0. The molecule has 2 rings (SSSR count). The average molecular weight is 269 g/mol. The number of carbonyl (C=O) groups excluding carboxylic acids is 1. The number of ether oxygens (including phenoxy) is 1. The molecule has 1 N–H and O–H groups in total. The zero-order valence-electron chi connectivity index (χ0n) is 9.87. The Balaban J connectivity index is 1.88. The molecule has 5 nitrogen and oxygen atoms in total. The van der Waals surface area contributed by atoms with Crippen molar-refractivity contribution in [2.45, 2.75) is 18.9 Å². The second-order valence-electron chi connectivity index (χ2n) is 4.24. The molecule has 6 heteroatoms. The van der Waals surface area contributed by atoms with Crippen LogP contribution in [0.15, 0.2) is 16.8 Å². The lowest BCUT2D eigenvalue weighted by atomic mass is 10.1. The predicted molar refractivity (Wildman–Crippen MR) is 66.6 cm³/mol. The van der Waals surface area contributed by atoms with Crippen molar-refractivity contribution in [1.29, 1.82) is 0 Å². The molecule has 1 aliphatic heterocycles. The second kappa shape index (κ2) is 5.97. The summed E-state index contributed by atoms with van der Waals surface area (Å²) in [6.07, 6.45) is -0.0615. The van der Waals surface area contributed by atoms with Crippen molar-refractivity contribution < 1.29 is 19.4 Å². The number of carboxylic acid groups (broad SMARTS) is 1. The fraction of sp³-hybridized carbons (Fsp3) is 0.500. The summed E-state index contributed by atoms with van der Waals surface area (Å²) < 4.78 is 5.33. The highest BCUT2D eigenvalue weighted by molar-refractivity contribution is 7.07. The van der Waals surface area contributed by atoms with Crippen molar-refractivity contribution in [1.82, 2.24) is 4.90 Å². The number of carboxylic acids is 1. The van der Waals surface area contributed by atoms with Gasteiger partial charge in [0.2, 0.25) is 5.91 Å². The fourth-order valence-electron chi connectivity index (χ4n) is 1.94.